The minimum atomic E-state index is -2.47. The van der Waals surface area contributed by atoms with Gasteiger partial charge in [-0.1, -0.05) is 23.7 Å². The Hall–Kier alpha value is -2.47. The predicted molar refractivity (Wildman–Crippen MR) is 97.6 cm³/mol. The molecule has 3 heterocycles. The van der Waals surface area contributed by atoms with Gasteiger partial charge in [0.2, 0.25) is 6.43 Å². The van der Waals surface area contributed by atoms with Crippen molar-refractivity contribution < 1.29 is 13.6 Å². The number of carbonyl (C=O) groups is 1. The number of halogens is 3. The van der Waals surface area contributed by atoms with Crippen molar-refractivity contribution >= 4 is 23.0 Å². The van der Waals surface area contributed by atoms with Crippen molar-refractivity contribution in [1.29, 1.82) is 0 Å². The number of benzene rings is 1. The number of pyridine rings is 1. The van der Waals surface area contributed by atoms with Crippen molar-refractivity contribution in [2.75, 3.05) is 7.05 Å². The zero-order valence-electron chi connectivity index (χ0n) is 14.5. The first-order valence-electron chi connectivity index (χ1n) is 8.80. The Morgan fingerprint density at radius 2 is 2.11 bits per heavy atom. The molecule has 0 saturated carbocycles. The second-order valence-corrected chi connectivity index (χ2v) is 7.60. The molecule has 2 atom stereocenters. The molecule has 1 aliphatic heterocycles. The van der Waals surface area contributed by atoms with Crippen molar-refractivity contribution in [3.05, 3.63) is 69.5 Å². The number of amides is 1. The van der Waals surface area contributed by atoms with E-state index in [9.17, 15) is 13.6 Å². The lowest BCUT2D eigenvalue weighted by Gasteiger charge is -2.24. The summed E-state index contributed by atoms with van der Waals surface area (Å²) in [6, 6.07) is 8.56. The Morgan fingerprint density at radius 1 is 1.30 bits per heavy atom. The van der Waals surface area contributed by atoms with Crippen molar-refractivity contribution in [2.24, 2.45) is 0 Å². The van der Waals surface area contributed by atoms with E-state index in [1.165, 1.54) is 0 Å². The summed E-state index contributed by atoms with van der Waals surface area (Å²) in [5.41, 5.74) is 4.44. The first-order chi connectivity index (χ1) is 13.0. The highest BCUT2D eigenvalue weighted by Crippen LogP contribution is 2.52. The maximum absolute atomic E-state index is 13.2. The molecule has 1 aliphatic carbocycles. The number of hydrogen-bond donors (Lipinski definition) is 0. The summed E-state index contributed by atoms with van der Waals surface area (Å²) in [7, 11) is 1.75. The zero-order chi connectivity index (χ0) is 18.9. The summed E-state index contributed by atoms with van der Waals surface area (Å²) < 4.78 is 28.2. The van der Waals surface area contributed by atoms with Crippen LogP contribution in [0.15, 0.2) is 36.5 Å². The molecular formula is C20H16ClF2N3O. The standard InChI is InChI=1S/C20H16ClF2N3O/c1-25-15-9-13(18-14-8-11(21)5-6-26(14)24-19(15)18)17-10(7-16(22)23)3-2-4-12(17)20(25)27/h2-6,8,13,15-16H,7,9H2,1H3/t13-,15-/m1/s1. The second-order valence-electron chi connectivity index (χ2n) is 7.17. The maximum Gasteiger partial charge on any atom is 0.254 e. The maximum atomic E-state index is 13.2. The van der Waals surface area contributed by atoms with Crippen molar-refractivity contribution in [3.63, 3.8) is 0 Å². The highest BCUT2D eigenvalue weighted by molar-refractivity contribution is 6.30. The highest BCUT2D eigenvalue weighted by Gasteiger charge is 2.45. The van der Waals surface area contributed by atoms with Crippen LogP contribution >= 0.6 is 11.6 Å². The lowest BCUT2D eigenvalue weighted by atomic mass is 9.85. The fraction of sp³-hybridized carbons (Fsp3) is 0.300. The number of carbonyl (C=O) groups excluding carboxylic acids is 1. The first-order valence-corrected chi connectivity index (χ1v) is 9.18. The summed E-state index contributed by atoms with van der Waals surface area (Å²) in [5.74, 6) is -0.297. The van der Waals surface area contributed by atoms with Crippen LogP contribution in [0.3, 0.4) is 0 Å². The van der Waals surface area contributed by atoms with Gasteiger partial charge in [-0.3, -0.25) is 4.79 Å². The first kappa shape index (κ1) is 16.7. The molecule has 5 rings (SSSR count). The average Bonchev–Trinajstić information content (AvgIpc) is 3.14. The normalized spacial score (nSPS) is 20.9. The Morgan fingerprint density at radius 3 is 2.89 bits per heavy atom. The Kier molecular flexibility index (Phi) is 3.56. The molecule has 7 heteroatoms. The molecule has 0 spiro atoms. The fourth-order valence-corrected chi connectivity index (χ4v) is 4.76. The van der Waals surface area contributed by atoms with Crippen molar-refractivity contribution in [3.8, 4) is 0 Å². The molecule has 3 aromatic rings. The monoisotopic (exact) mass is 387 g/mol. The van der Waals surface area contributed by atoms with Gasteiger partial charge in [-0.05, 0) is 35.7 Å². The highest BCUT2D eigenvalue weighted by atomic mass is 35.5. The van der Waals surface area contributed by atoms with E-state index in [1.54, 1.807) is 46.9 Å². The molecule has 4 nitrogen and oxygen atoms in total. The molecule has 2 aliphatic rings. The SMILES string of the molecule is CN1C(=O)c2cccc(CC(F)F)c2[C@H]2C[C@@H]1c1nn3ccc(Cl)cc3c12. The van der Waals surface area contributed by atoms with Crippen LogP contribution in [0.25, 0.3) is 5.52 Å². The topological polar surface area (TPSA) is 37.6 Å². The molecule has 1 amide bonds. The number of hydrogen-bond acceptors (Lipinski definition) is 2. The largest absolute Gasteiger partial charge is 0.333 e. The van der Waals surface area contributed by atoms with Gasteiger partial charge in [0, 0.05) is 41.7 Å². The van der Waals surface area contributed by atoms with Gasteiger partial charge < -0.3 is 4.90 Å². The van der Waals surface area contributed by atoms with Gasteiger partial charge in [0.15, 0.2) is 0 Å². The van der Waals surface area contributed by atoms with Crippen LogP contribution in [0.2, 0.25) is 5.02 Å². The van der Waals surface area contributed by atoms with E-state index in [0.717, 1.165) is 16.8 Å². The van der Waals surface area contributed by atoms with E-state index in [-0.39, 0.29) is 24.3 Å². The molecule has 0 fully saturated rings. The van der Waals surface area contributed by atoms with E-state index in [2.05, 4.69) is 5.10 Å². The van der Waals surface area contributed by atoms with E-state index in [4.69, 9.17) is 11.6 Å². The smallest absolute Gasteiger partial charge is 0.254 e. The number of rotatable bonds is 2. The molecule has 0 unspecified atom stereocenters. The van der Waals surface area contributed by atoms with Crippen LogP contribution in [-0.2, 0) is 6.42 Å². The molecule has 2 bridgehead atoms. The quantitative estimate of drug-likeness (QED) is 0.651. The van der Waals surface area contributed by atoms with Crippen molar-refractivity contribution in [1.82, 2.24) is 14.5 Å². The van der Waals surface area contributed by atoms with Crippen molar-refractivity contribution in [2.45, 2.75) is 31.2 Å². The van der Waals surface area contributed by atoms with E-state index in [1.807, 2.05) is 6.07 Å². The molecule has 0 radical (unpaired) electrons. The van der Waals surface area contributed by atoms with Gasteiger partial charge in [-0.2, -0.15) is 5.10 Å². The van der Waals surface area contributed by atoms with Gasteiger partial charge >= 0.3 is 0 Å². The van der Waals surface area contributed by atoms with Gasteiger partial charge in [0.25, 0.3) is 5.91 Å². The summed E-state index contributed by atoms with van der Waals surface area (Å²) in [6.45, 7) is 0. The van der Waals surface area contributed by atoms with Gasteiger partial charge in [-0.25, -0.2) is 13.3 Å². The van der Waals surface area contributed by atoms with Gasteiger partial charge in [0.05, 0.1) is 17.3 Å². The molecule has 1 aromatic carbocycles. The predicted octanol–water partition coefficient (Wildman–Crippen LogP) is 4.46. The molecule has 0 saturated heterocycles. The molecule has 138 valence electrons. The average molecular weight is 388 g/mol. The molecule has 27 heavy (non-hydrogen) atoms. The number of aromatic nitrogens is 2. The summed E-state index contributed by atoms with van der Waals surface area (Å²) >= 11 is 6.20. The summed E-state index contributed by atoms with van der Waals surface area (Å²) in [4.78, 5) is 14.7. The van der Waals surface area contributed by atoms with E-state index < -0.39 is 6.43 Å². The van der Waals surface area contributed by atoms with Crippen LogP contribution in [0, 0.1) is 0 Å². The molecular weight excluding hydrogens is 372 g/mol. The molecule has 2 aromatic heterocycles. The van der Waals surface area contributed by atoms with Crippen LogP contribution < -0.4 is 0 Å². The lowest BCUT2D eigenvalue weighted by molar-refractivity contribution is 0.0734. The Labute approximate surface area is 159 Å². The lowest BCUT2D eigenvalue weighted by Crippen LogP contribution is -2.30. The Bertz CT molecular complexity index is 1090. The molecule has 0 N–H and O–H groups in total. The van der Waals surface area contributed by atoms with Gasteiger partial charge in [-0.15, -0.1) is 0 Å². The minimum absolute atomic E-state index is 0.144. The third kappa shape index (κ3) is 2.32. The minimum Gasteiger partial charge on any atom is -0.333 e. The van der Waals surface area contributed by atoms with Gasteiger partial charge in [0.1, 0.15) is 0 Å². The van der Waals surface area contributed by atoms with E-state index in [0.29, 0.717) is 28.1 Å². The van der Waals surface area contributed by atoms with Crippen LogP contribution in [0.5, 0.6) is 0 Å². The summed E-state index contributed by atoms with van der Waals surface area (Å²) in [6.07, 6.45) is -0.398. The number of alkyl halides is 2. The van der Waals surface area contributed by atoms with Crippen LogP contribution in [-0.4, -0.2) is 33.9 Å². The number of fused-ring (bicyclic) bond motifs is 9. The third-order valence-electron chi connectivity index (χ3n) is 5.72. The zero-order valence-corrected chi connectivity index (χ0v) is 15.3. The summed E-state index contributed by atoms with van der Waals surface area (Å²) in [5, 5.41) is 5.28. The number of nitrogens with zero attached hydrogens (tertiary/aromatic N) is 3. The Balaban J connectivity index is 1.82. The van der Waals surface area contributed by atoms with E-state index >= 15 is 0 Å². The fourth-order valence-electron chi connectivity index (χ4n) is 4.60. The van der Waals surface area contributed by atoms with Crippen LogP contribution in [0.1, 0.15) is 51.1 Å². The van der Waals surface area contributed by atoms with Crippen LogP contribution in [0.4, 0.5) is 8.78 Å². The third-order valence-corrected chi connectivity index (χ3v) is 5.96. The second kappa shape index (κ2) is 5.76.